The molecule has 5 rings (SSSR count). The fourth-order valence-corrected chi connectivity index (χ4v) is 4.41. The molecule has 9 heteroatoms. The highest BCUT2D eigenvalue weighted by Gasteiger charge is 2.25. The van der Waals surface area contributed by atoms with Gasteiger partial charge in [-0.1, -0.05) is 23.7 Å². The van der Waals surface area contributed by atoms with Crippen LogP contribution in [-0.2, 0) is 11.8 Å². The summed E-state index contributed by atoms with van der Waals surface area (Å²) >= 11 is 5.97. The quantitative estimate of drug-likeness (QED) is 0.420. The number of halogens is 2. The van der Waals surface area contributed by atoms with E-state index in [4.69, 9.17) is 26.6 Å². The standard InChI is InChI=1S/C26H21ClFN5O2/c1-15-30-21-12-23(33-9-10-35-22(14-33)17-5-3-16(13-29)4-6-17)31-25(24(21)26(34)32(15)2)19-8-7-18(27)11-20(19)28/h3-8,11-12,22H,9-10,14H2,1-2H3/t22-/m1/s1. The van der Waals surface area contributed by atoms with E-state index in [0.717, 1.165) is 5.56 Å². The number of hydrogen-bond donors (Lipinski definition) is 0. The molecule has 0 N–H and O–H groups in total. The van der Waals surface area contributed by atoms with Gasteiger partial charge >= 0.3 is 0 Å². The number of hydrogen-bond acceptors (Lipinski definition) is 6. The summed E-state index contributed by atoms with van der Waals surface area (Å²) in [6.07, 6.45) is -0.233. The first-order valence-electron chi connectivity index (χ1n) is 11.1. The van der Waals surface area contributed by atoms with Crippen LogP contribution in [0.1, 0.15) is 23.1 Å². The number of pyridine rings is 1. The maximum atomic E-state index is 15.0. The lowest BCUT2D eigenvalue weighted by Crippen LogP contribution is -2.39. The molecule has 0 spiro atoms. The lowest BCUT2D eigenvalue weighted by atomic mass is 10.0. The van der Waals surface area contributed by atoms with Crippen molar-refractivity contribution in [2.45, 2.75) is 13.0 Å². The van der Waals surface area contributed by atoms with E-state index in [2.05, 4.69) is 11.1 Å². The third-order valence-electron chi connectivity index (χ3n) is 6.26. The van der Waals surface area contributed by atoms with Crippen LogP contribution in [0.25, 0.3) is 22.2 Å². The molecule has 2 aromatic heterocycles. The molecule has 1 aliphatic rings. The smallest absolute Gasteiger partial charge is 0.263 e. The molecule has 176 valence electrons. The van der Waals surface area contributed by atoms with Gasteiger partial charge in [-0.05, 0) is 42.8 Å². The summed E-state index contributed by atoms with van der Waals surface area (Å²) in [6, 6.07) is 15.5. The van der Waals surface area contributed by atoms with Crippen LogP contribution in [-0.4, -0.2) is 34.2 Å². The van der Waals surface area contributed by atoms with Crippen molar-refractivity contribution in [2.24, 2.45) is 7.05 Å². The van der Waals surface area contributed by atoms with Crippen molar-refractivity contribution >= 4 is 28.3 Å². The number of ether oxygens (including phenoxy) is 1. The van der Waals surface area contributed by atoms with E-state index < -0.39 is 5.82 Å². The van der Waals surface area contributed by atoms with Crippen LogP contribution in [0, 0.1) is 24.1 Å². The van der Waals surface area contributed by atoms with Gasteiger partial charge < -0.3 is 9.64 Å². The maximum absolute atomic E-state index is 15.0. The average molecular weight is 490 g/mol. The number of nitrogens with zero attached hydrogens (tertiary/aromatic N) is 5. The van der Waals surface area contributed by atoms with Crippen LogP contribution >= 0.6 is 11.6 Å². The van der Waals surface area contributed by atoms with Crippen LogP contribution in [0.2, 0.25) is 5.02 Å². The molecule has 7 nitrogen and oxygen atoms in total. The highest BCUT2D eigenvalue weighted by atomic mass is 35.5. The first kappa shape index (κ1) is 23.0. The molecule has 1 aliphatic heterocycles. The highest BCUT2D eigenvalue weighted by Crippen LogP contribution is 2.33. The summed E-state index contributed by atoms with van der Waals surface area (Å²) in [4.78, 5) is 24.6. The molecule has 0 radical (unpaired) electrons. The van der Waals surface area contributed by atoms with Gasteiger partial charge in [0.1, 0.15) is 23.6 Å². The first-order valence-corrected chi connectivity index (χ1v) is 11.4. The molecule has 35 heavy (non-hydrogen) atoms. The van der Waals surface area contributed by atoms with E-state index in [1.165, 1.54) is 16.7 Å². The van der Waals surface area contributed by atoms with Gasteiger partial charge in [0.05, 0.1) is 34.8 Å². The molecule has 1 atom stereocenters. The second kappa shape index (κ2) is 9.10. The number of rotatable bonds is 3. The molecule has 0 amide bonds. The summed E-state index contributed by atoms with van der Waals surface area (Å²) < 4.78 is 22.4. The fourth-order valence-electron chi connectivity index (χ4n) is 4.25. The third-order valence-corrected chi connectivity index (χ3v) is 6.49. The van der Waals surface area contributed by atoms with Crippen molar-refractivity contribution < 1.29 is 9.13 Å². The lowest BCUT2D eigenvalue weighted by Gasteiger charge is -2.34. The highest BCUT2D eigenvalue weighted by molar-refractivity contribution is 6.30. The van der Waals surface area contributed by atoms with Crippen LogP contribution < -0.4 is 10.5 Å². The zero-order valence-electron chi connectivity index (χ0n) is 19.1. The zero-order valence-corrected chi connectivity index (χ0v) is 19.9. The minimum atomic E-state index is -0.566. The van der Waals surface area contributed by atoms with E-state index in [-0.39, 0.29) is 33.3 Å². The van der Waals surface area contributed by atoms with E-state index >= 15 is 0 Å². The number of aromatic nitrogens is 3. The Balaban J connectivity index is 1.63. The van der Waals surface area contributed by atoms with Gasteiger partial charge in [0, 0.05) is 36.8 Å². The Hall–Kier alpha value is -3.80. The van der Waals surface area contributed by atoms with E-state index in [1.807, 2.05) is 17.0 Å². The van der Waals surface area contributed by atoms with E-state index in [1.54, 1.807) is 38.2 Å². The molecule has 4 aromatic rings. The number of morpholine rings is 1. The van der Waals surface area contributed by atoms with Crippen LogP contribution in [0.4, 0.5) is 10.2 Å². The van der Waals surface area contributed by atoms with Gasteiger partial charge in [-0.3, -0.25) is 9.36 Å². The van der Waals surface area contributed by atoms with Gasteiger partial charge in [0.15, 0.2) is 0 Å². The van der Waals surface area contributed by atoms with Crippen molar-refractivity contribution in [2.75, 3.05) is 24.6 Å². The number of benzene rings is 2. The molecule has 1 saturated heterocycles. The average Bonchev–Trinajstić information content (AvgIpc) is 2.87. The molecule has 0 bridgehead atoms. The van der Waals surface area contributed by atoms with Crippen LogP contribution in [0.5, 0.6) is 0 Å². The summed E-state index contributed by atoms with van der Waals surface area (Å²) in [7, 11) is 1.63. The van der Waals surface area contributed by atoms with Crippen molar-refractivity contribution in [3.05, 3.63) is 86.7 Å². The molecule has 1 fully saturated rings. The number of fused-ring (bicyclic) bond motifs is 1. The summed E-state index contributed by atoms with van der Waals surface area (Å²) in [5, 5.41) is 9.57. The van der Waals surface area contributed by atoms with Gasteiger partial charge in [0.2, 0.25) is 0 Å². The topological polar surface area (TPSA) is 84.0 Å². The van der Waals surface area contributed by atoms with E-state index in [9.17, 15) is 9.18 Å². The largest absolute Gasteiger partial charge is 0.370 e. The Morgan fingerprint density at radius 2 is 1.94 bits per heavy atom. The van der Waals surface area contributed by atoms with E-state index in [0.29, 0.717) is 42.4 Å². The SMILES string of the molecule is Cc1nc2cc(N3CCO[C@@H](c4ccc(C#N)cc4)C3)nc(-c3ccc(Cl)cc3F)c2c(=O)n1C. The minimum absolute atomic E-state index is 0.181. The Morgan fingerprint density at radius 1 is 1.17 bits per heavy atom. The Labute approximate surface area is 206 Å². The number of nitriles is 1. The number of aryl methyl sites for hydroxylation is 1. The van der Waals surface area contributed by atoms with Gasteiger partial charge in [-0.15, -0.1) is 0 Å². The summed E-state index contributed by atoms with van der Waals surface area (Å²) in [5.74, 6) is 0.548. The zero-order chi connectivity index (χ0) is 24.7. The van der Waals surface area contributed by atoms with Gasteiger partial charge in [-0.25, -0.2) is 14.4 Å². The maximum Gasteiger partial charge on any atom is 0.263 e. The van der Waals surface area contributed by atoms with Gasteiger partial charge in [-0.2, -0.15) is 5.26 Å². The Morgan fingerprint density at radius 3 is 2.66 bits per heavy atom. The summed E-state index contributed by atoms with van der Waals surface area (Å²) in [6.45, 7) is 3.27. The van der Waals surface area contributed by atoms with Crippen molar-refractivity contribution in [1.29, 1.82) is 5.26 Å². The van der Waals surface area contributed by atoms with Crippen LogP contribution in [0.3, 0.4) is 0 Å². The fraction of sp³-hybridized carbons (Fsp3) is 0.231. The third kappa shape index (κ3) is 4.25. The van der Waals surface area contributed by atoms with Crippen LogP contribution in [0.15, 0.2) is 53.3 Å². The Bertz CT molecular complexity index is 1550. The lowest BCUT2D eigenvalue weighted by molar-refractivity contribution is 0.0395. The second-order valence-corrected chi connectivity index (χ2v) is 8.85. The predicted octanol–water partition coefficient (Wildman–Crippen LogP) is 4.55. The second-order valence-electron chi connectivity index (χ2n) is 8.41. The normalized spacial score (nSPS) is 15.9. The van der Waals surface area contributed by atoms with Gasteiger partial charge in [0.25, 0.3) is 5.56 Å². The molecular formula is C26H21ClFN5O2. The molecule has 2 aromatic carbocycles. The minimum Gasteiger partial charge on any atom is -0.370 e. The predicted molar refractivity (Wildman–Crippen MR) is 132 cm³/mol. The molecule has 0 saturated carbocycles. The molecule has 0 aliphatic carbocycles. The van der Waals surface area contributed by atoms with Crippen molar-refractivity contribution in [1.82, 2.24) is 14.5 Å². The molecule has 3 heterocycles. The number of anilines is 1. The van der Waals surface area contributed by atoms with Crippen molar-refractivity contribution in [3.63, 3.8) is 0 Å². The molecule has 0 unspecified atom stereocenters. The first-order chi connectivity index (χ1) is 16.9. The van der Waals surface area contributed by atoms with Crippen molar-refractivity contribution in [3.8, 4) is 17.3 Å². The molecular weight excluding hydrogens is 469 g/mol. The monoisotopic (exact) mass is 489 g/mol. The summed E-state index contributed by atoms with van der Waals surface area (Å²) in [5.41, 5.74) is 2.08. The Kier molecular flexibility index (Phi) is 5.97.